The third-order valence-electron chi connectivity index (χ3n) is 2.92. The number of benzene rings is 1. The fourth-order valence-corrected chi connectivity index (χ4v) is 1.88. The van der Waals surface area contributed by atoms with Gasteiger partial charge in [0.2, 0.25) is 0 Å². The van der Waals surface area contributed by atoms with Crippen molar-refractivity contribution in [3.05, 3.63) is 34.9 Å². The molecule has 0 saturated heterocycles. The van der Waals surface area contributed by atoms with Gasteiger partial charge in [-0.3, -0.25) is 9.69 Å². The molecule has 0 radical (unpaired) electrons. The van der Waals surface area contributed by atoms with E-state index in [0.29, 0.717) is 0 Å². The van der Waals surface area contributed by atoms with Crippen LogP contribution in [0.2, 0.25) is 0 Å². The molecule has 0 aliphatic heterocycles. The molecule has 0 spiro atoms. The van der Waals surface area contributed by atoms with E-state index < -0.39 is 5.97 Å². The van der Waals surface area contributed by atoms with Crippen molar-refractivity contribution in [2.24, 2.45) is 0 Å². The molecular formula is C13H19NO2. The fraction of sp³-hybridized carbons (Fsp3) is 0.462. The molecule has 1 N–H and O–H groups in total. The largest absolute Gasteiger partial charge is 0.480 e. The van der Waals surface area contributed by atoms with Crippen LogP contribution in [-0.4, -0.2) is 29.6 Å². The number of carbonyl (C=O) groups is 1. The fourth-order valence-electron chi connectivity index (χ4n) is 1.88. The lowest BCUT2D eigenvalue weighted by molar-refractivity contribution is -0.138. The number of hydrogen-bond donors (Lipinski definition) is 1. The van der Waals surface area contributed by atoms with Crippen LogP contribution < -0.4 is 0 Å². The van der Waals surface area contributed by atoms with Gasteiger partial charge in [0.15, 0.2) is 0 Å². The van der Waals surface area contributed by atoms with Gasteiger partial charge in [0.05, 0.1) is 6.54 Å². The van der Waals surface area contributed by atoms with Crippen molar-refractivity contribution in [3.8, 4) is 0 Å². The molecule has 1 rings (SSSR count). The first-order valence-electron chi connectivity index (χ1n) is 5.41. The molecular weight excluding hydrogens is 202 g/mol. The lowest BCUT2D eigenvalue weighted by atomic mass is 9.99. The maximum atomic E-state index is 10.6. The first-order chi connectivity index (χ1) is 7.41. The number of rotatable bonds is 4. The summed E-state index contributed by atoms with van der Waals surface area (Å²) in [5, 5.41) is 8.75. The van der Waals surface area contributed by atoms with Gasteiger partial charge >= 0.3 is 5.97 Å². The molecule has 3 heteroatoms. The minimum atomic E-state index is -0.792. The van der Waals surface area contributed by atoms with Gasteiger partial charge in [-0.25, -0.2) is 0 Å². The molecule has 0 bridgehead atoms. The second-order valence-corrected chi connectivity index (χ2v) is 4.34. The van der Waals surface area contributed by atoms with Gasteiger partial charge in [-0.05, 0) is 38.9 Å². The van der Waals surface area contributed by atoms with Crippen molar-refractivity contribution >= 4 is 5.97 Å². The number of hydrogen-bond acceptors (Lipinski definition) is 2. The summed E-state index contributed by atoms with van der Waals surface area (Å²) in [4.78, 5) is 12.5. The molecule has 0 fully saturated rings. The summed E-state index contributed by atoms with van der Waals surface area (Å²) in [6.45, 7) is 6.21. The second kappa shape index (κ2) is 5.12. The Bertz CT molecular complexity index is 388. The molecule has 3 nitrogen and oxygen atoms in total. The summed E-state index contributed by atoms with van der Waals surface area (Å²) in [7, 11) is 1.83. The van der Waals surface area contributed by atoms with Crippen LogP contribution in [0.15, 0.2) is 18.2 Å². The van der Waals surface area contributed by atoms with Crippen LogP contribution >= 0.6 is 0 Å². The van der Waals surface area contributed by atoms with Crippen molar-refractivity contribution in [2.75, 3.05) is 13.6 Å². The average Bonchev–Trinajstić information content (AvgIpc) is 2.15. The van der Waals surface area contributed by atoms with Crippen LogP contribution in [0.3, 0.4) is 0 Å². The zero-order valence-corrected chi connectivity index (χ0v) is 10.3. The molecule has 0 saturated carbocycles. The van der Waals surface area contributed by atoms with Gasteiger partial charge in [0.1, 0.15) is 0 Å². The monoisotopic (exact) mass is 221 g/mol. The molecule has 16 heavy (non-hydrogen) atoms. The first kappa shape index (κ1) is 12.7. The Morgan fingerprint density at radius 2 is 2.06 bits per heavy atom. The van der Waals surface area contributed by atoms with E-state index in [1.807, 2.05) is 18.9 Å². The Morgan fingerprint density at radius 1 is 1.44 bits per heavy atom. The van der Waals surface area contributed by atoms with Crippen molar-refractivity contribution in [1.29, 1.82) is 0 Å². The number of nitrogens with zero attached hydrogens (tertiary/aromatic N) is 1. The third-order valence-corrected chi connectivity index (χ3v) is 2.92. The van der Waals surface area contributed by atoms with Crippen LogP contribution in [0.4, 0.5) is 0 Å². The molecule has 0 amide bonds. The molecule has 1 atom stereocenters. The second-order valence-electron chi connectivity index (χ2n) is 4.34. The normalized spacial score (nSPS) is 12.8. The average molecular weight is 221 g/mol. The highest BCUT2D eigenvalue weighted by Gasteiger charge is 2.15. The number of aryl methyl sites for hydroxylation is 2. The molecule has 1 aromatic carbocycles. The molecule has 0 aliphatic rings. The summed E-state index contributed by atoms with van der Waals surface area (Å²) >= 11 is 0. The predicted molar refractivity (Wildman–Crippen MR) is 64.6 cm³/mol. The molecule has 0 heterocycles. The summed E-state index contributed by atoms with van der Waals surface area (Å²) < 4.78 is 0. The van der Waals surface area contributed by atoms with Gasteiger partial charge in [0.25, 0.3) is 0 Å². The molecule has 88 valence electrons. The third kappa shape index (κ3) is 3.07. The SMILES string of the molecule is Cc1ccc(C(C)N(C)CC(=O)O)c(C)c1. The summed E-state index contributed by atoms with van der Waals surface area (Å²) in [5.41, 5.74) is 3.63. The van der Waals surface area contributed by atoms with E-state index in [9.17, 15) is 4.79 Å². The first-order valence-corrected chi connectivity index (χ1v) is 5.41. The van der Waals surface area contributed by atoms with Gasteiger partial charge in [0, 0.05) is 6.04 Å². The minimum absolute atomic E-state index is 0.0640. The van der Waals surface area contributed by atoms with Crippen LogP contribution in [0.1, 0.15) is 29.7 Å². The molecule has 1 unspecified atom stereocenters. The van der Waals surface area contributed by atoms with Crippen molar-refractivity contribution in [3.63, 3.8) is 0 Å². The Morgan fingerprint density at radius 3 is 2.56 bits per heavy atom. The maximum absolute atomic E-state index is 10.6. The molecule has 1 aromatic rings. The van der Waals surface area contributed by atoms with Gasteiger partial charge in [-0.1, -0.05) is 23.8 Å². The standard InChI is InChI=1S/C13H19NO2/c1-9-5-6-12(10(2)7-9)11(3)14(4)8-13(15)16/h5-7,11H,8H2,1-4H3,(H,15,16). The zero-order valence-electron chi connectivity index (χ0n) is 10.3. The highest BCUT2D eigenvalue weighted by Crippen LogP contribution is 2.22. The Kier molecular flexibility index (Phi) is 4.07. The summed E-state index contributed by atoms with van der Waals surface area (Å²) in [6.07, 6.45) is 0. The van der Waals surface area contributed by atoms with Gasteiger partial charge < -0.3 is 5.11 Å². The van der Waals surface area contributed by atoms with Crippen LogP contribution in [0, 0.1) is 13.8 Å². The van der Waals surface area contributed by atoms with E-state index >= 15 is 0 Å². The highest BCUT2D eigenvalue weighted by molar-refractivity contribution is 5.69. The van der Waals surface area contributed by atoms with E-state index in [-0.39, 0.29) is 12.6 Å². The zero-order chi connectivity index (χ0) is 12.3. The highest BCUT2D eigenvalue weighted by atomic mass is 16.4. The number of carboxylic acid groups (broad SMARTS) is 1. The van der Waals surface area contributed by atoms with E-state index in [0.717, 1.165) is 0 Å². The lowest BCUT2D eigenvalue weighted by Gasteiger charge is -2.24. The van der Waals surface area contributed by atoms with Gasteiger partial charge in [-0.15, -0.1) is 0 Å². The van der Waals surface area contributed by atoms with Crippen molar-refractivity contribution in [1.82, 2.24) is 4.90 Å². The summed E-state index contributed by atoms with van der Waals surface area (Å²) in [5.74, 6) is -0.792. The Balaban J connectivity index is 2.87. The van der Waals surface area contributed by atoms with Gasteiger partial charge in [-0.2, -0.15) is 0 Å². The van der Waals surface area contributed by atoms with Crippen molar-refractivity contribution in [2.45, 2.75) is 26.8 Å². The number of aliphatic carboxylic acids is 1. The number of carboxylic acids is 1. The minimum Gasteiger partial charge on any atom is -0.480 e. The topological polar surface area (TPSA) is 40.5 Å². The smallest absolute Gasteiger partial charge is 0.317 e. The van der Waals surface area contributed by atoms with E-state index in [1.54, 1.807) is 0 Å². The molecule has 0 aromatic heterocycles. The Labute approximate surface area is 96.7 Å². The maximum Gasteiger partial charge on any atom is 0.317 e. The summed E-state index contributed by atoms with van der Waals surface area (Å²) in [6, 6.07) is 6.39. The van der Waals surface area contributed by atoms with E-state index in [1.165, 1.54) is 16.7 Å². The Hall–Kier alpha value is -1.35. The van der Waals surface area contributed by atoms with E-state index in [4.69, 9.17) is 5.11 Å². The van der Waals surface area contributed by atoms with Crippen LogP contribution in [0.25, 0.3) is 0 Å². The van der Waals surface area contributed by atoms with E-state index in [2.05, 4.69) is 32.0 Å². The predicted octanol–water partition coefficient (Wildman–Crippen LogP) is 2.38. The van der Waals surface area contributed by atoms with Crippen LogP contribution in [-0.2, 0) is 4.79 Å². The quantitative estimate of drug-likeness (QED) is 0.848. The van der Waals surface area contributed by atoms with Crippen LogP contribution in [0.5, 0.6) is 0 Å². The lowest BCUT2D eigenvalue weighted by Crippen LogP contribution is -2.28. The number of likely N-dealkylation sites (N-methyl/N-ethyl adjacent to an activating group) is 1. The molecule has 0 aliphatic carbocycles. The van der Waals surface area contributed by atoms with Crippen molar-refractivity contribution < 1.29 is 9.90 Å².